The minimum Gasteiger partial charge on any atom is -0.366 e. The zero-order chi connectivity index (χ0) is 26.4. The molecule has 1 saturated carbocycles. The van der Waals surface area contributed by atoms with Gasteiger partial charge in [0.15, 0.2) is 0 Å². The number of anilines is 2. The van der Waals surface area contributed by atoms with E-state index in [2.05, 4.69) is 42.7 Å². The lowest BCUT2D eigenvalue weighted by molar-refractivity contribution is -0.115. The van der Waals surface area contributed by atoms with Gasteiger partial charge in [0.05, 0.1) is 24.0 Å². The fourth-order valence-corrected chi connectivity index (χ4v) is 8.16. The number of ether oxygens (including phenoxy) is 1. The molecule has 4 fully saturated rings. The minimum absolute atomic E-state index is 0.00688. The third-order valence-electron chi connectivity index (χ3n) is 10.6. The number of piperazine rings is 1. The second-order valence-electron chi connectivity index (χ2n) is 12.7. The van der Waals surface area contributed by atoms with Crippen molar-refractivity contribution in [3.8, 4) is 0 Å². The van der Waals surface area contributed by atoms with Crippen LogP contribution in [0.2, 0.25) is 0 Å². The molecule has 39 heavy (non-hydrogen) atoms. The molecule has 0 aromatic carbocycles. The summed E-state index contributed by atoms with van der Waals surface area (Å²) >= 11 is 0. The Labute approximate surface area is 228 Å². The number of alkyl halides is 2. The average Bonchev–Trinajstić information content (AvgIpc) is 3.63. The Kier molecular flexibility index (Phi) is 5.56. The highest BCUT2D eigenvalue weighted by molar-refractivity contribution is 5.66. The number of hydrogen-bond donors (Lipinski definition) is 1. The van der Waals surface area contributed by atoms with Gasteiger partial charge in [0.25, 0.3) is 6.43 Å². The van der Waals surface area contributed by atoms with Gasteiger partial charge in [-0.25, -0.2) is 13.8 Å². The zero-order valence-electron chi connectivity index (χ0n) is 22.8. The lowest BCUT2D eigenvalue weighted by Gasteiger charge is -2.54. The Morgan fingerprint density at radius 2 is 1.87 bits per heavy atom. The predicted molar refractivity (Wildman–Crippen MR) is 145 cm³/mol. The molecule has 1 aliphatic carbocycles. The van der Waals surface area contributed by atoms with Crippen LogP contribution in [0.25, 0.3) is 0 Å². The zero-order valence-corrected chi connectivity index (χ0v) is 22.8. The first-order valence-electron chi connectivity index (χ1n) is 15.0. The van der Waals surface area contributed by atoms with Crippen molar-refractivity contribution in [3.05, 3.63) is 34.8 Å². The van der Waals surface area contributed by atoms with E-state index in [4.69, 9.17) is 9.84 Å². The molecule has 210 valence electrons. The molecule has 2 atom stereocenters. The highest BCUT2D eigenvalue weighted by Gasteiger charge is 2.56. The molecule has 0 radical (unpaired) electrons. The number of nitrogens with one attached hydrogen (secondary N) is 1. The van der Waals surface area contributed by atoms with E-state index in [9.17, 15) is 8.78 Å². The summed E-state index contributed by atoms with van der Waals surface area (Å²) in [6.45, 7) is 9.46. The first-order chi connectivity index (χ1) is 19.0. The van der Waals surface area contributed by atoms with Crippen LogP contribution in [-0.2, 0) is 22.3 Å². The maximum atomic E-state index is 14.4. The van der Waals surface area contributed by atoms with E-state index < -0.39 is 6.43 Å². The van der Waals surface area contributed by atoms with E-state index in [0.29, 0.717) is 24.3 Å². The van der Waals surface area contributed by atoms with Crippen LogP contribution in [0.3, 0.4) is 0 Å². The van der Waals surface area contributed by atoms with Crippen molar-refractivity contribution in [1.29, 1.82) is 0 Å². The van der Waals surface area contributed by atoms with Gasteiger partial charge in [0.2, 0.25) is 0 Å². The highest BCUT2D eigenvalue weighted by Crippen LogP contribution is 2.53. The Bertz CT molecular complexity index is 1260. The van der Waals surface area contributed by atoms with Crippen LogP contribution < -0.4 is 15.1 Å². The second-order valence-corrected chi connectivity index (χ2v) is 12.7. The molecule has 8 rings (SSSR count). The SMILES string of the molecule is Cc1cnn2c1C1(CCN(c3cc4c(c(C(F)F)n3)CCCC3C(N5CCNCC5)CN43)CC1)OCC21CC1. The van der Waals surface area contributed by atoms with Crippen molar-refractivity contribution in [3.63, 3.8) is 0 Å². The van der Waals surface area contributed by atoms with Crippen LogP contribution in [-0.4, -0.2) is 84.2 Å². The van der Waals surface area contributed by atoms with Crippen molar-refractivity contribution < 1.29 is 13.5 Å². The van der Waals surface area contributed by atoms with E-state index >= 15 is 0 Å². The molecule has 0 amide bonds. The van der Waals surface area contributed by atoms with E-state index in [1.165, 1.54) is 11.3 Å². The summed E-state index contributed by atoms with van der Waals surface area (Å²) in [6.07, 6.45) is 5.99. The number of piperidine rings is 1. The van der Waals surface area contributed by atoms with Crippen molar-refractivity contribution >= 4 is 11.5 Å². The number of hydrogen-bond acceptors (Lipinski definition) is 7. The fourth-order valence-electron chi connectivity index (χ4n) is 8.16. The molecule has 8 nitrogen and oxygen atoms in total. The van der Waals surface area contributed by atoms with Crippen LogP contribution in [0, 0.1) is 6.92 Å². The topological polar surface area (TPSA) is 61.7 Å². The van der Waals surface area contributed by atoms with Crippen LogP contribution >= 0.6 is 0 Å². The van der Waals surface area contributed by atoms with Gasteiger partial charge in [-0.15, -0.1) is 0 Å². The first kappa shape index (κ1) is 24.5. The molecule has 7 heterocycles. The summed E-state index contributed by atoms with van der Waals surface area (Å²) in [7, 11) is 0. The Hall–Kier alpha value is -2.30. The molecule has 0 bridgehead atoms. The van der Waals surface area contributed by atoms with Crippen LogP contribution in [0.15, 0.2) is 12.3 Å². The molecular weight excluding hydrogens is 500 g/mol. The van der Waals surface area contributed by atoms with Gasteiger partial charge in [-0.3, -0.25) is 9.58 Å². The number of aryl methyl sites for hydroxylation is 1. The van der Waals surface area contributed by atoms with Gasteiger partial charge in [-0.1, -0.05) is 0 Å². The van der Waals surface area contributed by atoms with Gasteiger partial charge in [0.1, 0.15) is 17.1 Å². The fraction of sp³-hybridized carbons (Fsp3) is 0.724. The third kappa shape index (κ3) is 3.70. The van der Waals surface area contributed by atoms with Crippen LogP contribution in [0.4, 0.5) is 20.3 Å². The molecule has 10 heteroatoms. The number of nitrogens with zero attached hydrogens (tertiary/aromatic N) is 6. The minimum atomic E-state index is -2.56. The van der Waals surface area contributed by atoms with Gasteiger partial charge < -0.3 is 19.9 Å². The standard InChI is InChI=1S/C29H39F2N7O/c1-19-16-33-38-26(19)29(39-18-28(38)5-6-28)7-11-36(12-8-29)24-15-22-20(25(34-24)27(30)31)3-2-4-21-23(17-37(21)22)35-13-9-32-10-14-35/h15-16,21,23,27,32H,2-14,17-18H2,1H3. The Balaban J connectivity index is 1.07. The van der Waals surface area contributed by atoms with Crippen LogP contribution in [0.5, 0.6) is 0 Å². The first-order valence-corrected chi connectivity index (χ1v) is 15.0. The molecule has 2 unspecified atom stereocenters. The molecule has 1 N–H and O–H groups in total. The molecular formula is C29H39F2N7O. The summed E-state index contributed by atoms with van der Waals surface area (Å²) in [6, 6.07) is 3.05. The largest absolute Gasteiger partial charge is 0.366 e. The number of fused-ring (bicyclic) bond motifs is 6. The number of halogens is 2. The number of pyridine rings is 1. The van der Waals surface area contributed by atoms with E-state index in [1.54, 1.807) is 0 Å². The van der Waals surface area contributed by atoms with Gasteiger partial charge in [-0.05, 0) is 57.4 Å². The maximum Gasteiger partial charge on any atom is 0.280 e. The third-order valence-corrected chi connectivity index (χ3v) is 10.6. The average molecular weight is 540 g/mol. The molecule has 6 aliphatic rings. The van der Waals surface area contributed by atoms with Gasteiger partial charge in [0, 0.05) is 75.2 Å². The van der Waals surface area contributed by atoms with E-state index in [-0.39, 0.29) is 16.8 Å². The molecule has 2 aromatic heterocycles. The lowest BCUT2D eigenvalue weighted by Crippen LogP contribution is -2.69. The smallest absolute Gasteiger partial charge is 0.280 e. The Morgan fingerprint density at radius 3 is 2.62 bits per heavy atom. The van der Waals surface area contributed by atoms with Crippen molar-refractivity contribution in [2.75, 3.05) is 62.2 Å². The molecule has 3 saturated heterocycles. The summed E-state index contributed by atoms with van der Waals surface area (Å²) in [5.74, 6) is 0.699. The summed E-state index contributed by atoms with van der Waals surface area (Å²) in [5.41, 5.74) is 3.91. The van der Waals surface area contributed by atoms with Crippen LogP contribution in [0.1, 0.15) is 67.5 Å². The summed E-state index contributed by atoms with van der Waals surface area (Å²) in [5, 5.41) is 8.21. The van der Waals surface area contributed by atoms with E-state index in [1.807, 2.05) is 6.20 Å². The molecule has 5 aliphatic heterocycles. The quantitative estimate of drug-likeness (QED) is 0.642. The monoisotopic (exact) mass is 539 g/mol. The van der Waals surface area contributed by atoms with Crippen molar-refractivity contribution in [2.45, 2.75) is 81.5 Å². The van der Waals surface area contributed by atoms with Crippen molar-refractivity contribution in [2.24, 2.45) is 0 Å². The van der Waals surface area contributed by atoms with Gasteiger partial charge in [-0.2, -0.15) is 5.10 Å². The van der Waals surface area contributed by atoms with Gasteiger partial charge >= 0.3 is 0 Å². The Morgan fingerprint density at radius 1 is 1.08 bits per heavy atom. The lowest BCUT2D eigenvalue weighted by atomic mass is 9.84. The second kappa shape index (κ2) is 8.85. The molecule has 2 aromatic rings. The van der Waals surface area contributed by atoms with Crippen molar-refractivity contribution in [1.82, 2.24) is 25.0 Å². The summed E-state index contributed by atoms with van der Waals surface area (Å²) < 4.78 is 37.8. The predicted octanol–water partition coefficient (Wildman–Crippen LogP) is 3.34. The normalized spacial score (nSPS) is 29.1. The maximum absolute atomic E-state index is 14.4. The number of rotatable bonds is 3. The summed E-state index contributed by atoms with van der Waals surface area (Å²) in [4.78, 5) is 11.9. The highest BCUT2D eigenvalue weighted by atomic mass is 19.3. The molecule has 2 spiro atoms. The van der Waals surface area contributed by atoms with E-state index in [0.717, 1.165) is 102 Å². The number of aromatic nitrogens is 3.